The number of aromatic nitrogens is 2. The molecule has 0 unspecified atom stereocenters. The second-order valence-electron chi connectivity index (χ2n) is 6.80. The monoisotopic (exact) mass is 433 g/mol. The summed E-state index contributed by atoms with van der Waals surface area (Å²) in [5.41, 5.74) is 0.342. The zero-order valence-corrected chi connectivity index (χ0v) is 17.5. The molecule has 3 aromatic carbocycles. The molecule has 1 aromatic heterocycles. The third-order valence-corrected chi connectivity index (χ3v) is 6.66. The molecule has 0 fully saturated rings. The van der Waals surface area contributed by atoms with Gasteiger partial charge in [0.1, 0.15) is 0 Å². The third-order valence-electron chi connectivity index (χ3n) is 4.87. The van der Waals surface area contributed by atoms with Gasteiger partial charge in [-0.2, -0.15) is 9.78 Å². The maximum absolute atomic E-state index is 13.2. The standard InChI is InChI=1S/C23H19N3O4S/c1-2-31(29,30)20-15-9-8-14-19(20)24-22(27)21-17-12-6-7-13-18(17)23(28)26(25-21)16-10-4-3-5-11-16/h3-15H,2H2,1H3,(H,24,27). The molecule has 0 saturated heterocycles. The van der Waals surface area contributed by atoms with E-state index in [4.69, 9.17) is 0 Å². The van der Waals surface area contributed by atoms with E-state index in [1.54, 1.807) is 67.6 Å². The molecule has 0 bridgehead atoms. The fourth-order valence-corrected chi connectivity index (χ4v) is 4.33. The smallest absolute Gasteiger partial charge is 0.279 e. The van der Waals surface area contributed by atoms with Crippen molar-refractivity contribution in [1.29, 1.82) is 0 Å². The fourth-order valence-electron chi connectivity index (χ4n) is 3.28. The second kappa shape index (κ2) is 8.16. The highest BCUT2D eigenvalue weighted by atomic mass is 32.2. The van der Waals surface area contributed by atoms with E-state index < -0.39 is 15.7 Å². The van der Waals surface area contributed by atoms with Gasteiger partial charge in [0.25, 0.3) is 11.5 Å². The summed E-state index contributed by atoms with van der Waals surface area (Å²) >= 11 is 0. The van der Waals surface area contributed by atoms with Gasteiger partial charge in [0.15, 0.2) is 15.5 Å². The summed E-state index contributed by atoms with van der Waals surface area (Å²) in [7, 11) is -3.55. The summed E-state index contributed by atoms with van der Waals surface area (Å²) in [6.45, 7) is 1.54. The number of para-hydroxylation sites is 2. The summed E-state index contributed by atoms with van der Waals surface area (Å²) in [5.74, 6) is -0.709. The van der Waals surface area contributed by atoms with Crippen molar-refractivity contribution in [3.8, 4) is 5.69 Å². The van der Waals surface area contributed by atoms with Crippen LogP contribution in [0.4, 0.5) is 5.69 Å². The minimum atomic E-state index is -3.55. The Bertz CT molecular complexity index is 1440. The van der Waals surface area contributed by atoms with Crippen molar-refractivity contribution in [2.24, 2.45) is 0 Å². The van der Waals surface area contributed by atoms with Crippen molar-refractivity contribution < 1.29 is 13.2 Å². The normalized spacial score (nSPS) is 11.4. The topological polar surface area (TPSA) is 98.1 Å². The Labute approximate surface area is 178 Å². The molecule has 8 heteroatoms. The number of nitrogens with one attached hydrogen (secondary N) is 1. The predicted molar refractivity (Wildman–Crippen MR) is 119 cm³/mol. The predicted octanol–water partition coefficient (Wildman–Crippen LogP) is 3.43. The number of hydrogen-bond acceptors (Lipinski definition) is 5. The maximum Gasteiger partial charge on any atom is 0.279 e. The van der Waals surface area contributed by atoms with Gasteiger partial charge in [-0.05, 0) is 30.3 Å². The average Bonchev–Trinajstić information content (AvgIpc) is 2.80. The van der Waals surface area contributed by atoms with Crippen LogP contribution in [0.5, 0.6) is 0 Å². The number of sulfone groups is 1. The van der Waals surface area contributed by atoms with Gasteiger partial charge in [0.05, 0.1) is 27.4 Å². The molecule has 156 valence electrons. The number of carbonyl (C=O) groups excluding carboxylic acids is 1. The van der Waals surface area contributed by atoms with Crippen LogP contribution in [0.2, 0.25) is 0 Å². The number of fused-ring (bicyclic) bond motifs is 1. The summed E-state index contributed by atoms with van der Waals surface area (Å²) in [6, 6.07) is 21.7. The number of anilines is 1. The number of hydrogen-bond donors (Lipinski definition) is 1. The summed E-state index contributed by atoms with van der Waals surface area (Å²) < 4.78 is 26.0. The average molecular weight is 433 g/mol. The lowest BCUT2D eigenvalue weighted by atomic mass is 10.1. The van der Waals surface area contributed by atoms with Gasteiger partial charge in [-0.15, -0.1) is 0 Å². The van der Waals surface area contributed by atoms with Gasteiger partial charge in [-0.3, -0.25) is 9.59 Å². The van der Waals surface area contributed by atoms with E-state index >= 15 is 0 Å². The highest BCUT2D eigenvalue weighted by molar-refractivity contribution is 7.91. The van der Waals surface area contributed by atoms with Crippen molar-refractivity contribution in [2.75, 3.05) is 11.1 Å². The number of rotatable bonds is 5. The molecular formula is C23H19N3O4S. The van der Waals surface area contributed by atoms with Gasteiger partial charge < -0.3 is 5.32 Å². The molecule has 1 amide bonds. The number of nitrogens with zero attached hydrogens (tertiary/aromatic N) is 2. The Balaban J connectivity index is 1.87. The number of carbonyl (C=O) groups is 1. The van der Waals surface area contributed by atoms with Crippen LogP contribution in [0.25, 0.3) is 16.5 Å². The van der Waals surface area contributed by atoms with Crippen molar-refractivity contribution in [1.82, 2.24) is 9.78 Å². The molecule has 0 radical (unpaired) electrons. The van der Waals surface area contributed by atoms with Gasteiger partial charge in [0, 0.05) is 5.39 Å². The van der Waals surface area contributed by atoms with Crippen LogP contribution in [0, 0.1) is 0 Å². The summed E-state index contributed by atoms with van der Waals surface area (Å²) in [6.07, 6.45) is 0. The molecule has 1 N–H and O–H groups in total. The first-order valence-corrected chi connectivity index (χ1v) is 11.3. The SMILES string of the molecule is CCS(=O)(=O)c1ccccc1NC(=O)c1nn(-c2ccccc2)c(=O)c2ccccc12. The quantitative estimate of drug-likeness (QED) is 0.520. The minimum absolute atomic E-state index is 0.0164. The lowest BCUT2D eigenvalue weighted by Crippen LogP contribution is -2.26. The lowest BCUT2D eigenvalue weighted by Gasteiger charge is -2.13. The van der Waals surface area contributed by atoms with E-state index in [2.05, 4.69) is 10.4 Å². The Kier molecular flexibility index (Phi) is 5.39. The minimum Gasteiger partial charge on any atom is -0.319 e. The number of benzene rings is 3. The Morgan fingerprint density at radius 2 is 1.52 bits per heavy atom. The van der Waals surface area contributed by atoms with Crippen LogP contribution < -0.4 is 10.9 Å². The first kappa shape index (κ1) is 20.5. The molecule has 1 heterocycles. The molecule has 0 atom stereocenters. The van der Waals surface area contributed by atoms with Gasteiger partial charge >= 0.3 is 0 Å². The van der Waals surface area contributed by atoms with Gasteiger partial charge in [-0.1, -0.05) is 55.5 Å². The summed E-state index contributed by atoms with van der Waals surface area (Å²) in [4.78, 5) is 26.2. The molecule has 0 aliphatic rings. The molecule has 4 aromatic rings. The van der Waals surface area contributed by atoms with Gasteiger partial charge in [0.2, 0.25) is 0 Å². The zero-order valence-electron chi connectivity index (χ0n) is 16.6. The van der Waals surface area contributed by atoms with Crippen molar-refractivity contribution in [3.05, 3.63) is 94.9 Å². The third kappa shape index (κ3) is 3.85. The van der Waals surface area contributed by atoms with E-state index in [0.29, 0.717) is 16.5 Å². The summed E-state index contributed by atoms with van der Waals surface area (Å²) in [5, 5.41) is 7.70. The van der Waals surface area contributed by atoms with Gasteiger partial charge in [-0.25, -0.2) is 8.42 Å². The highest BCUT2D eigenvalue weighted by Gasteiger charge is 2.21. The first-order valence-electron chi connectivity index (χ1n) is 9.63. The van der Waals surface area contributed by atoms with Crippen LogP contribution in [0.1, 0.15) is 17.4 Å². The van der Waals surface area contributed by atoms with E-state index in [0.717, 1.165) is 0 Å². The molecular weight excluding hydrogens is 414 g/mol. The maximum atomic E-state index is 13.2. The second-order valence-corrected chi connectivity index (χ2v) is 9.05. The Morgan fingerprint density at radius 1 is 0.903 bits per heavy atom. The molecule has 31 heavy (non-hydrogen) atoms. The molecule has 4 rings (SSSR count). The van der Waals surface area contributed by atoms with Crippen LogP contribution in [0.3, 0.4) is 0 Å². The molecule has 0 spiro atoms. The Hall–Kier alpha value is -3.78. The lowest BCUT2D eigenvalue weighted by molar-refractivity contribution is 0.102. The van der Waals surface area contributed by atoms with Crippen LogP contribution in [-0.4, -0.2) is 29.9 Å². The van der Waals surface area contributed by atoms with Crippen LogP contribution in [-0.2, 0) is 9.84 Å². The molecule has 0 aliphatic heterocycles. The molecule has 0 saturated carbocycles. The fraction of sp³-hybridized carbons (Fsp3) is 0.0870. The van der Waals surface area contributed by atoms with E-state index in [-0.39, 0.29) is 27.6 Å². The van der Waals surface area contributed by atoms with E-state index in [1.807, 2.05) is 6.07 Å². The number of amides is 1. The van der Waals surface area contributed by atoms with Crippen LogP contribution >= 0.6 is 0 Å². The molecule has 0 aliphatic carbocycles. The first-order chi connectivity index (χ1) is 14.9. The van der Waals surface area contributed by atoms with Crippen LogP contribution in [0.15, 0.2) is 88.6 Å². The largest absolute Gasteiger partial charge is 0.319 e. The Morgan fingerprint density at radius 3 is 2.23 bits per heavy atom. The van der Waals surface area contributed by atoms with E-state index in [9.17, 15) is 18.0 Å². The van der Waals surface area contributed by atoms with E-state index in [1.165, 1.54) is 16.8 Å². The van der Waals surface area contributed by atoms with Crippen molar-refractivity contribution >= 4 is 32.2 Å². The molecule has 7 nitrogen and oxygen atoms in total. The zero-order chi connectivity index (χ0) is 22.0. The highest BCUT2D eigenvalue weighted by Crippen LogP contribution is 2.23. The van der Waals surface area contributed by atoms with Crippen molar-refractivity contribution in [3.63, 3.8) is 0 Å². The van der Waals surface area contributed by atoms with Crippen molar-refractivity contribution in [2.45, 2.75) is 11.8 Å².